The predicted molar refractivity (Wildman–Crippen MR) is 113 cm³/mol. The van der Waals surface area contributed by atoms with Gasteiger partial charge >= 0.3 is 0 Å². The van der Waals surface area contributed by atoms with Crippen molar-refractivity contribution in [1.29, 1.82) is 0 Å². The van der Waals surface area contributed by atoms with Gasteiger partial charge in [0.15, 0.2) is 11.6 Å². The first-order valence-electron chi connectivity index (χ1n) is 9.20. The number of para-hydroxylation sites is 1. The lowest BCUT2D eigenvalue weighted by atomic mass is 10.0. The molecule has 6 nitrogen and oxygen atoms in total. The molecule has 1 aromatic heterocycles. The Hall–Kier alpha value is -4.06. The van der Waals surface area contributed by atoms with Crippen molar-refractivity contribution in [3.05, 3.63) is 108 Å². The van der Waals surface area contributed by atoms with Crippen LogP contribution in [0.3, 0.4) is 0 Å². The highest BCUT2D eigenvalue weighted by Crippen LogP contribution is 2.19. The van der Waals surface area contributed by atoms with E-state index in [1.165, 1.54) is 5.56 Å². The highest BCUT2D eigenvalue weighted by Gasteiger charge is 2.12. The van der Waals surface area contributed by atoms with Gasteiger partial charge in [-0.1, -0.05) is 60.2 Å². The molecule has 0 unspecified atom stereocenters. The highest BCUT2D eigenvalue weighted by atomic mass is 16.1. The minimum atomic E-state index is -0.0356. The monoisotopic (exact) mass is 381 g/mol. The van der Waals surface area contributed by atoms with E-state index in [1.807, 2.05) is 85.8 Å². The van der Waals surface area contributed by atoms with Gasteiger partial charge in [0, 0.05) is 29.1 Å². The van der Waals surface area contributed by atoms with Crippen molar-refractivity contribution in [2.24, 2.45) is 0 Å². The first kappa shape index (κ1) is 18.3. The molecule has 0 amide bonds. The van der Waals surface area contributed by atoms with Crippen molar-refractivity contribution in [2.45, 2.75) is 6.92 Å². The molecule has 0 bridgehead atoms. The van der Waals surface area contributed by atoms with Gasteiger partial charge in [-0.3, -0.25) is 4.79 Å². The summed E-state index contributed by atoms with van der Waals surface area (Å²) >= 11 is 0. The van der Waals surface area contributed by atoms with Crippen molar-refractivity contribution in [3.8, 4) is 5.69 Å². The zero-order valence-electron chi connectivity index (χ0n) is 15.9. The number of nitrogens with zero attached hydrogens (tertiary/aromatic N) is 4. The molecule has 0 atom stereocenters. The molecule has 0 aliphatic heterocycles. The number of ketones is 1. The maximum absolute atomic E-state index is 12.8. The van der Waals surface area contributed by atoms with E-state index in [0.717, 1.165) is 5.69 Å². The van der Waals surface area contributed by atoms with Crippen LogP contribution in [0, 0.1) is 6.92 Å². The fourth-order valence-corrected chi connectivity index (χ4v) is 2.93. The Morgan fingerprint density at radius 2 is 1.66 bits per heavy atom. The maximum Gasteiger partial charge on any atom is 0.195 e. The van der Waals surface area contributed by atoms with Crippen molar-refractivity contribution < 1.29 is 4.79 Å². The van der Waals surface area contributed by atoms with Crippen LogP contribution in [0.15, 0.2) is 85.1 Å². The zero-order chi connectivity index (χ0) is 20.1. The summed E-state index contributed by atoms with van der Waals surface area (Å²) in [4.78, 5) is 12.8. The third-order valence-corrected chi connectivity index (χ3v) is 4.45. The zero-order valence-corrected chi connectivity index (χ0v) is 15.9. The van der Waals surface area contributed by atoms with Gasteiger partial charge in [0.2, 0.25) is 0 Å². The van der Waals surface area contributed by atoms with Crippen molar-refractivity contribution in [2.75, 3.05) is 5.32 Å². The first-order valence-corrected chi connectivity index (χ1v) is 9.20. The number of carbonyl (C=O) groups excluding carboxylic acids is 1. The SMILES string of the molecule is Cc1ccc(-n2nnnc2/C=C\Nc2ccccc2C(=O)c2ccccc2)cc1. The van der Waals surface area contributed by atoms with Crippen LogP contribution in [0.4, 0.5) is 5.69 Å². The first-order chi connectivity index (χ1) is 14.2. The summed E-state index contributed by atoms with van der Waals surface area (Å²) in [6.07, 6.45) is 3.50. The van der Waals surface area contributed by atoms with Crippen LogP contribution in [-0.4, -0.2) is 26.0 Å². The largest absolute Gasteiger partial charge is 0.361 e. The number of aryl methyl sites for hydroxylation is 1. The van der Waals surface area contributed by atoms with Gasteiger partial charge in [0.05, 0.1) is 5.69 Å². The molecule has 4 rings (SSSR count). The summed E-state index contributed by atoms with van der Waals surface area (Å²) in [5.41, 5.74) is 4.00. The Labute approximate surface area is 168 Å². The number of hydrogen-bond acceptors (Lipinski definition) is 5. The Kier molecular flexibility index (Phi) is 5.25. The van der Waals surface area contributed by atoms with E-state index in [9.17, 15) is 4.79 Å². The number of aromatic nitrogens is 4. The van der Waals surface area contributed by atoms with Crippen LogP contribution >= 0.6 is 0 Å². The topological polar surface area (TPSA) is 72.7 Å². The van der Waals surface area contributed by atoms with E-state index < -0.39 is 0 Å². The second kappa shape index (κ2) is 8.31. The molecule has 6 heteroatoms. The standard InChI is InChI=1S/C23H19N5O/c1-17-11-13-19(14-12-17)28-22(25-26-27-28)15-16-24-21-10-6-5-9-20(21)23(29)18-7-3-2-4-8-18/h2-16,24H,1H3/b16-15-. The predicted octanol–water partition coefficient (Wildman–Crippen LogP) is 4.28. The molecule has 0 aliphatic carbocycles. The molecule has 0 saturated carbocycles. The lowest BCUT2D eigenvalue weighted by molar-refractivity contribution is 0.103. The Morgan fingerprint density at radius 3 is 2.45 bits per heavy atom. The molecule has 142 valence electrons. The van der Waals surface area contributed by atoms with Gasteiger partial charge in [0.25, 0.3) is 0 Å². The van der Waals surface area contributed by atoms with Crippen molar-refractivity contribution in [1.82, 2.24) is 20.2 Å². The number of nitrogens with one attached hydrogen (secondary N) is 1. The lowest BCUT2D eigenvalue weighted by Gasteiger charge is -2.08. The van der Waals surface area contributed by atoms with Gasteiger partial charge in [-0.05, 0) is 41.6 Å². The summed E-state index contributed by atoms with van der Waals surface area (Å²) in [5, 5.41) is 15.1. The van der Waals surface area contributed by atoms with Crippen molar-refractivity contribution >= 4 is 17.5 Å². The second-order valence-corrected chi connectivity index (χ2v) is 6.50. The number of carbonyl (C=O) groups is 1. The van der Waals surface area contributed by atoms with E-state index in [2.05, 4.69) is 20.8 Å². The van der Waals surface area contributed by atoms with Gasteiger partial charge < -0.3 is 5.32 Å². The molecule has 0 spiro atoms. The molecule has 3 aromatic carbocycles. The molecule has 0 radical (unpaired) electrons. The molecular formula is C23H19N5O. The smallest absolute Gasteiger partial charge is 0.195 e. The minimum Gasteiger partial charge on any atom is -0.361 e. The molecule has 0 fully saturated rings. The Bertz CT molecular complexity index is 1150. The second-order valence-electron chi connectivity index (χ2n) is 6.50. The number of anilines is 1. The van der Waals surface area contributed by atoms with Gasteiger partial charge in [-0.15, -0.1) is 5.10 Å². The maximum atomic E-state index is 12.8. The Balaban J connectivity index is 1.55. The summed E-state index contributed by atoms with van der Waals surface area (Å²) < 4.78 is 1.65. The number of tetrazole rings is 1. The van der Waals surface area contributed by atoms with E-state index in [-0.39, 0.29) is 5.78 Å². The summed E-state index contributed by atoms with van der Waals surface area (Å²) in [5.74, 6) is 0.541. The minimum absolute atomic E-state index is 0.0356. The van der Waals surface area contributed by atoms with E-state index in [4.69, 9.17) is 0 Å². The van der Waals surface area contributed by atoms with Crippen LogP contribution in [0.1, 0.15) is 27.3 Å². The average Bonchev–Trinajstić information content (AvgIpc) is 3.23. The number of benzene rings is 3. The fourth-order valence-electron chi connectivity index (χ4n) is 2.93. The Morgan fingerprint density at radius 1 is 0.931 bits per heavy atom. The van der Waals surface area contributed by atoms with Crippen LogP contribution in [0.5, 0.6) is 0 Å². The van der Waals surface area contributed by atoms with E-state index in [1.54, 1.807) is 17.0 Å². The molecule has 1 heterocycles. The quantitative estimate of drug-likeness (QED) is 0.505. The molecule has 1 N–H and O–H groups in total. The van der Waals surface area contributed by atoms with Gasteiger partial charge in [-0.2, -0.15) is 4.68 Å². The number of rotatable bonds is 6. The van der Waals surface area contributed by atoms with Crippen LogP contribution < -0.4 is 5.32 Å². The summed E-state index contributed by atoms with van der Waals surface area (Å²) in [6.45, 7) is 2.03. The van der Waals surface area contributed by atoms with Gasteiger partial charge in [-0.25, -0.2) is 0 Å². The summed E-state index contributed by atoms with van der Waals surface area (Å²) in [6, 6.07) is 24.6. The normalized spacial score (nSPS) is 10.9. The van der Waals surface area contributed by atoms with Crippen LogP contribution in [0.25, 0.3) is 11.8 Å². The fraction of sp³-hybridized carbons (Fsp3) is 0.0435. The van der Waals surface area contributed by atoms with Crippen LogP contribution in [0.2, 0.25) is 0 Å². The van der Waals surface area contributed by atoms with E-state index in [0.29, 0.717) is 22.6 Å². The molecular weight excluding hydrogens is 362 g/mol. The lowest BCUT2D eigenvalue weighted by Crippen LogP contribution is -2.05. The van der Waals surface area contributed by atoms with E-state index >= 15 is 0 Å². The molecule has 29 heavy (non-hydrogen) atoms. The summed E-state index contributed by atoms with van der Waals surface area (Å²) in [7, 11) is 0. The third kappa shape index (κ3) is 4.11. The molecule has 0 aliphatic rings. The highest BCUT2D eigenvalue weighted by molar-refractivity contribution is 6.12. The average molecular weight is 381 g/mol. The van der Waals surface area contributed by atoms with Crippen LogP contribution in [-0.2, 0) is 0 Å². The molecule has 4 aromatic rings. The third-order valence-electron chi connectivity index (χ3n) is 4.45. The number of hydrogen-bond donors (Lipinski definition) is 1. The molecule has 0 saturated heterocycles. The van der Waals surface area contributed by atoms with Crippen molar-refractivity contribution in [3.63, 3.8) is 0 Å². The van der Waals surface area contributed by atoms with Gasteiger partial charge in [0.1, 0.15) is 0 Å².